The van der Waals surface area contributed by atoms with Gasteiger partial charge in [-0.15, -0.1) is 0 Å². The lowest BCUT2D eigenvalue weighted by Crippen LogP contribution is -2.28. The molecule has 8 heteroatoms. The quantitative estimate of drug-likeness (QED) is 0.355. The summed E-state index contributed by atoms with van der Waals surface area (Å²) in [4.78, 5) is 33.3. The molecule has 1 amide bonds. The van der Waals surface area contributed by atoms with Crippen LogP contribution in [0.2, 0.25) is 0 Å². The number of amides is 1. The van der Waals surface area contributed by atoms with Crippen LogP contribution in [-0.2, 0) is 20.9 Å². The highest BCUT2D eigenvalue weighted by molar-refractivity contribution is 5.89. The molecule has 2 aromatic carbocycles. The molecule has 0 heterocycles. The highest BCUT2D eigenvalue weighted by atomic mass is 19.1. The monoisotopic (exact) mass is 358 g/mol. The second kappa shape index (κ2) is 9.07. The molecule has 0 unspecified atom stereocenters. The van der Waals surface area contributed by atoms with Crippen molar-refractivity contribution in [3.05, 3.63) is 81.7 Å². The molecule has 0 saturated heterocycles. The Labute approximate surface area is 148 Å². The first-order valence-corrected chi connectivity index (χ1v) is 7.54. The van der Waals surface area contributed by atoms with Crippen LogP contribution in [-0.4, -0.2) is 23.4 Å². The van der Waals surface area contributed by atoms with Gasteiger partial charge in [-0.1, -0.05) is 24.3 Å². The molecule has 0 fully saturated rings. The lowest BCUT2D eigenvalue weighted by atomic mass is 10.2. The Morgan fingerprint density at radius 2 is 1.92 bits per heavy atom. The van der Waals surface area contributed by atoms with E-state index in [9.17, 15) is 24.1 Å². The zero-order valence-corrected chi connectivity index (χ0v) is 13.6. The molecule has 0 aliphatic rings. The van der Waals surface area contributed by atoms with E-state index in [-0.39, 0.29) is 18.0 Å². The van der Waals surface area contributed by atoms with Gasteiger partial charge >= 0.3 is 5.97 Å². The maximum Gasteiger partial charge on any atom is 0.331 e. The Balaban J connectivity index is 1.77. The van der Waals surface area contributed by atoms with Gasteiger partial charge in [-0.05, 0) is 29.3 Å². The van der Waals surface area contributed by atoms with Crippen molar-refractivity contribution in [2.75, 3.05) is 6.61 Å². The number of nitro groups is 1. The Hall–Kier alpha value is -3.55. The van der Waals surface area contributed by atoms with E-state index in [0.717, 1.165) is 6.08 Å². The largest absolute Gasteiger partial charge is 0.452 e. The maximum atomic E-state index is 12.8. The molecule has 0 saturated carbocycles. The van der Waals surface area contributed by atoms with Crippen LogP contribution in [0.1, 0.15) is 11.1 Å². The number of nitro benzene ring substituents is 1. The van der Waals surface area contributed by atoms with Crippen molar-refractivity contribution in [1.29, 1.82) is 0 Å². The summed E-state index contributed by atoms with van der Waals surface area (Å²) in [6.07, 6.45) is 2.43. The highest BCUT2D eigenvalue weighted by Gasteiger charge is 2.06. The van der Waals surface area contributed by atoms with E-state index in [4.69, 9.17) is 4.74 Å². The van der Waals surface area contributed by atoms with Crippen LogP contribution in [0.25, 0.3) is 6.08 Å². The maximum absolute atomic E-state index is 12.8. The lowest BCUT2D eigenvalue weighted by molar-refractivity contribution is -0.384. The SMILES string of the molecule is O=C(COC(=O)/C=C/c1cccc([N+](=O)[O-])c1)NCc1ccc(F)cc1. The summed E-state index contributed by atoms with van der Waals surface area (Å²) in [5.41, 5.74) is 1.06. The third kappa shape index (κ3) is 6.16. The molecule has 1 N–H and O–H groups in total. The Morgan fingerprint density at radius 3 is 2.62 bits per heavy atom. The molecule has 134 valence electrons. The predicted octanol–water partition coefficient (Wildman–Crippen LogP) is 2.61. The van der Waals surface area contributed by atoms with Gasteiger partial charge in [0.15, 0.2) is 6.61 Å². The van der Waals surface area contributed by atoms with Crippen LogP contribution < -0.4 is 5.32 Å². The number of rotatable bonds is 7. The summed E-state index contributed by atoms with van der Waals surface area (Å²) in [6, 6.07) is 11.3. The standard InChI is InChI=1S/C18H15FN2O5/c19-15-7-4-14(5-8-15)11-20-17(22)12-26-18(23)9-6-13-2-1-3-16(10-13)21(24)25/h1-10H,11-12H2,(H,20,22)/b9-6+. The van der Waals surface area contributed by atoms with Crippen molar-refractivity contribution >= 4 is 23.6 Å². The van der Waals surface area contributed by atoms with Crippen LogP contribution in [0.5, 0.6) is 0 Å². The minimum absolute atomic E-state index is 0.0966. The van der Waals surface area contributed by atoms with E-state index in [1.165, 1.54) is 48.5 Å². The summed E-state index contributed by atoms with van der Waals surface area (Å²) in [7, 11) is 0. The van der Waals surface area contributed by atoms with E-state index < -0.39 is 23.4 Å². The molecule has 0 spiro atoms. The molecule has 0 aromatic heterocycles. The van der Waals surface area contributed by atoms with E-state index in [1.807, 2.05) is 0 Å². The Kier molecular flexibility index (Phi) is 6.55. The summed E-state index contributed by atoms with van der Waals surface area (Å²) >= 11 is 0. The average Bonchev–Trinajstić information content (AvgIpc) is 2.64. The number of nitrogens with zero attached hydrogens (tertiary/aromatic N) is 1. The van der Waals surface area contributed by atoms with E-state index in [2.05, 4.69) is 5.32 Å². The van der Waals surface area contributed by atoms with Crippen LogP contribution in [0.4, 0.5) is 10.1 Å². The number of esters is 1. The molecule has 2 rings (SSSR count). The summed E-state index contributed by atoms with van der Waals surface area (Å²) in [6.45, 7) is -0.292. The molecule has 0 atom stereocenters. The fraction of sp³-hybridized carbons (Fsp3) is 0.111. The lowest BCUT2D eigenvalue weighted by Gasteiger charge is -2.05. The number of nitrogens with one attached hydrogen (secondary N) is 1. The van der Waals surface area contributed by atoms with Gasteiger partial charge in [0.05, 0.1) is 4.92 Å². The molecule has 7 nitrogen and oxygen atoms in total. The molecule has 0 radical (unpaired) electrons. The summed E-state index contributed by atoms with van der Waals surface area (Å²) < 4.78 is 17.5. The zero-order chi connectivity index (χ0) is 18.9. The third-order valence-corrected chi connectivity index (χ3v) is 3.24. The normalized spacial score (nSPS) is 10.5. The predicted molar refractivity (Wildman–Crippen MR) is 91.3 cm³/mol. The van der Waals surface area contributed by atoms with Crippen molar-refractivity contribution in [2.24, 2.45) is 0 Å². The molecule has 2 aromatic rings. The number of non-ortho nitro benzene ring substituents is 1. The van der Waals surface area contributed by atoms with Crippen molar-refractivity contribution in [3.63, 3.8) is 0 Å². The van der Waals surface area contributed by atoms with Crippen molar-refractivity contribution < 1.29 is 23.6 Å². The molecule has 0 aliphatic carbocycles. The first-order chi connectivity index (χ1) is 12.4. The number of halogens is 1. The fourth-order valence-corrected chi connectivity index (χ4v) is 1.95. The molecule has 26 heavy (non-hydrogen) atoms. The zero-order valence-electron chi connectivity index (χ0n) is 13.6. The van der Waals surface area contributed by atoms with Gasteiger partial charge in [0.1, 0.15) is 5.82 Å². The summed E-state index contributed by atoms with van der Waals surface area (Å²) in [5, 5.41) is 13.2. The Bertz CT molecular complexity index is 834. The van der Waals surface area contributed by atoms with Crippen LogP contribution in [0, 0.1) is 15.9 Å². The van der Waals surface area contributed by atoms with Crippen molar-refractivity contribution in [2.45, 2.75) is 6.54 Å². The number of ether oxygens (including phenoxy) is 1. The van der Waals surface area contributed by atoms with Gasteiger partial charge in [0, 0.05) is 24.8 Å². The minimum Gasteiger partial charge on any atom is -0.452 e. The van der Waals surface area contributed by atoms with Crippen LogP contribution in [0.15, 0.2) is 54.6 Å². The minimum atomic E-state index is -0.756. The second-order valence-electron chi connectivity index (χ2n) is 5.20. The first-order valence-electron chi connectivity index (χ1n) is 7.54. The van der Waals surface area contributed by atoms with Crippen LogP contribution >= 0.6 is 0 Å². The van der Waals surface area contributed by atoms with Gasteiger partial charge in [0.2, 0.25) is 0 Å². The van der Waals surface area contributed by atoms with Gasteiger partial charge in [-0.25, -0.2) is 9.18 Å². The van der Waals surface area contributed by atoms with Gasteiger partial charge in [-0.3, -0.25) is 14.9 Å². The van der Waals surface area contributed by atoms with Crippen LogP contribution in [0.3, 0.4) is 0 Å². The number of carbonyl (C=O) groups is 2. The van der Waals surface area contributed by atoms with Gasteiger partial charge < -0.3 is 10.1 Å². The number of hydrogen-bond acceptors (Lipinski definition) is 5. The fourth-order valence-electron chi connectivity index (χ4n) is 1.95. The second-order valence-corrected chi connectivity index (χ2v) is 5.20. The molecular weight excluding hydrogens is 343 g/mol. The first kappa shape index (κ1) is 18.8. The average molecular weight is 358 g/mol. The highest BCUT2D eigenvalue weighted by Crippen LogP contribution is 2.14. The smallest absolute Gasteiger partial charge is 0.331 e. The van der Waals surface area contributed by atoms with Gasteiger partial charge in [-0.2, -0.15) is 0 Å². The third-order valence-electron chi connectivity index (χ3n) is 3.24. The van der Waals surface area contributed by atoms with Gasteiger partial charge in [0.25, 0.3) is 11.6 Å². The van der Waals surface area contributed by atoms with E-state index >= 15 is 0 Å². The molecular formula is C18H15FN2O5. The number of benzene rings is 2. The topological polar surface area (TPSA) is 98.5 Å². The van der Waals surface area contributed by atoms with Crippen molar-refractivity contribution in [3.8, 4) is 0 Å². The van der Waals surface area contributed by atoms with E-state index in [1.54, 1.807) is 6.07 Å². The molecule has 0 aliphatic heterocycles. The molecule has 0 bridgehead atoms. The number of carbonyl (C=O) groups excluding carboxylic acids is 2. The van der Waals surface area contributed by atoms with E-state index in [0.29, 0.717) is 11.1 Å². The number of hydrogen-bond donors (Lipinski definition) is 1. The van der Waals surface area contributed by atoms with Crippen molar-refractivity contribution in [1.82, 2.24) is 5.32 Å². The summed E-state index contributed by atoms with van der Waals surface area (Å²) in [5.74, 6) is -1.63. The Morgan fingerprint density at radius 1 is 1.19 bits per heavy atom.